The quantitative estimate of drug-likeness (QED) is 0.159. The Bertz CT molecular complexity index is 1880. The molecule has 290 valence electrons. The first-order valence-corrected chi connectivity index (χ1v) is 18.4. The van der Waals surface area contributed by atoms with Gasteiger partial charge in [0.15, 0.2) is 5.60 Å². The van der Waals surface area contributed by atoms with Gasteiger partial charge in [0.25, 0.3) is 5.79 Å². The lowest BCUT2D eigenvalue weighted by Gasteiger charge is -2.66. The molecule has 8 aliphatic rings. The summed E-state index contributed by atoms with van der Waals surface area (Å²) in [5.74, 6) is -7.98. The summed E-state index contributed by atoms with van der Waals surface area (Å²) in [5, 5.41) is 37.6. The lowest BCUT2D eigenvalue weighted by Crippen LogP contribution is -2.78. The summed E-state index contributed by atoms with van der Waals surface area (Å²) in [5.41, 5.74) is -7.44. The van der Waals surface area contributed by atoms with Gasteiger partial charge in [-0.3, -0.25) is 0 Å². The zero-order valence-corrected chi connectivity index (χ0v) is 30.8. The molecular formula is C40H46O14. The number of benzene rings is 1. The standard InChI is InChI=1S/C40H46O14/c1-20(2)30(43)52-23-17-24(51-26(41)13-12-21-10-8-7-9-11-21)37-19-50-39(46,32(44)47-6)31(37)35(4,29(42)27-28(37)34(23,3)18-49-27)40-25-16-22(36(40,5)54-40)38(45)14-15-48-33(38)53-25/h7-15,22-25,27-29,31,33,42,45-46H,1,16-19H2,2-6H3/b13-12+/t22-,23-,24+,25+,27-,28+,29-,31+,33+,34-,35-,36+,37+,38+,39+,40+/m1/s1. The van der Waals surface area contributed by atoms with E-state index in [2.05, 4.69) is 6.58 Å². The molecule has 0 amide bonds. The molecule has 5 heterocycles. The van der Waals surface area contributed by atoms with Crippen LogP contribution >= 0.6 is 0 Å². The van der Waals surface area contributed by atoms with Crippen LogP contribution in [0.5, 0.6) is 0 Å². The maximum absolute atomic E-state index is 14.0. The Morgan fingerprint density at radius 3 is 2.46 bits per heavy atom. The van der Waals surface area contributed by atoms with Crippen LogP contribution in [0.1, 0.15) is 46.1 Å². The predicted molar refractivity (Wildman–Crippen MR) is 183 cm³/mol. The highest BCUT2D eigenvalue weighted by Crippen LogP contribution is 2.83. The Kier molecular flexibility index (Phi) is 7.50. The second-order valence-corrected chi connectivity index (χ2v) is 17.1. The number of esters is 3. The van der Waals surface area contributed by atoms with Crippen LogP contribution in [-0.4, -0.2) is 113 Å². The van der Waals surface area contributed by atoms with E-state index in [-0.39, 0.29) is 25.2 Å². The number of aliphatic hydroxyl groups is 3. The topological polar surface area (TPSA) is 189 Å². The Labute approximate surface area is 311 Å². The van der Waals surface area contributed by atoms with Crippen LogP contribution in [0.15, 0.2) is 60.9 Å². The van der Waals surface area contributed by atoms with E-state index in [1.165, 1.54) is 19.3 Å². The average Bonchev–Trinajstić information content (AvgIpc) is 3.47. The van der Waals surface area contributed by atoms with Crippen LogP contribution in [0.4, 0.5) is 0 Å². The normalized spacial score (nSPS) is 51.4. The molecule has 14 nitrogen and oxygen atoms in total. The summed E-state index contributed by atoms with van der Waals surface area (Å²) in [4.78, 5) is 41.0. The van der Waals surface area contributed by atoms with Crippen molar-refractivity contribution in [3.8, 4) is 0 Å². The van der Waals surface area contributed by atoms with Crippen molar-refractivity contribution in [3.63, 3.8) is 0 Å². The molecule has 2 bridgehead atoms. The van der Waals surface area contributed by atoms with Crippen molar-refractivity contribution >= 4 is 24.0 Å². The fourth-order valence-electron chi connectivity index (χ4n) is 12.6. The van der Waals surface area contributed by atoms with Gasteiger partial charge in [0.2, 0.25) is 6.29 Å². The van der Waals surface area contributed by atoms with Crippen LogP contribution in [-0.2, 0) is 52.3 Å². The number of carbonyl (C=O) groups is 3. The molecule has 5 aliphatic heterocycles. The zero-order valence-electron chi connectivity index (χ0n) is 30.8. The molecule has 3 aliphatic carbocycles. The monoisotopic (exact) mass is 750 g/mol. The van der Waals surface area contributed by atoms with Gasteiger partial charge in [0.1, 0.15) is 23.4 Å². The van der Waals surface area contributed by atoms with E-state index in [1.54, 1.807) is 19.1 Å². The van der Waals surface area contributed by atoms with Crippen LogP contribution in [0.25, 0.3) is 6.08 Å². The Balaban J connectivity index is 1.23. The van der Waals surface area contributed by atoms with Crippen molar-refractivity contribution < 1.29 is 67.6 Å². The van der Waals surface area contributed by atoms with Gasteiger partial charge in [-0.2, -0.15) is 0 Å². The fourth-order valence-corrected chi connectivity index (χ4v) is 12.6. The number of carbonyl (C=O) groups excluding carboxylic acids is 3. The number of epoxide rings is 1. The second kappa shape index (κ2) is 11.2. The van der Waals surface area contributed by atoms with Crippen LogP contribution in [0, 0.1) is 34.0 Å². The van der Waals surface area contributed by atoms with E-state index in [0.717, 1.165) is 12.7 Å². The lowest BCUT2D eigenvalue weighted by atomic mass is 9.37. The molecule has 16 atom stereocenters. The number of rotatable bonds is 7. The fraction of sp³-hybridized carbons (Fsp3) is 0.625. The van der Waals surface area contributed by atoms with E-state index in [1.807, 2.05) is 44.2 Å². The minimum Gasteiger partial charge on any atom is -0.469 e. The van der Waals surface area contributed by atoms with Gasteiger partial charge in [0, 0.05) is 52.1 Å². The third-order valence-electron chi connectivity index (χ3n) is 14.7. The van der Waals surface area contributed by atoms with E-state index in [4.69, 9.17) is 37.9 Å². The van der Waals surface area contributed by atoms with Crippen molar-refractivity contribution in [2.45, 2.75) is 99.9 Å². The molecule has 7 fully saturated rings. The number of methoxy groups -OCH3 is 1. The molecule has 54 heavy (non-hydrogen) atoms. The summed E-state index contributed by atoms with van der Waals surface area (Å²) in [6.45, 7) is 10.4. The summed E-state index contributed by atoms with van der Waals surface area (Å²) in [6.07, 6.45) is -0.343. The number of aliphatic hydroxyl groups excluding tert-OH is 1. The molecule has 3 saturated carbocycles. The highest BCUT2D eigenvalue weighted by atomic mass is 16.7. The molecule has 1 spiro atoms. The first kappa shape index (κ1) is 36.0. The molecule has 3 N–H and O–H groups in total. The van der Waals surface area contributed by atoms with Gasteiger partial charge in [-0.1, -0.05) is 50.8 Å². The number of hydrogen-bond donors (Lipinski definition) is 3. The van der Waals surface area contributed by atoms with Crippen molar-refractivity contribution in [2.75, 3.05) is 20.3 Å². The van der Waals surface area contributed by atoms with Crippen molar-refractivity contribution in [1.82, 2.24) is 0 Å². The number of fused-ring (bicyclic) bond motifs is 7. The predicted octanol–water partition coefficient (Wildman–Crippen LogP) is 1.95. The highest BCUT2D eigenvalue weighted by Gasteiger charge is 2.96. The molecule has 0 radical (unpaired) electrons. The van der Waals surface area contributed by atoms with Gasteiger partial charge in [-0.25, -0.2) is 14.4 Å². The van der Waals surface area contributed by atoms with Crippen LogP contribution in [0.2, 0.25) is 0 Å². The van der Waals surface area contributed by atoms with Gasteiger partial charge < -0.3 is 53.2 Å². The average molecular weight is 751 g/mol. The highest BCUT2D eigenvalue weighted by molar-refractivity contribution is 5.88. The first-order chi connectivity index (χ1) is 25.5. The molecule has 9 rings (SSSR count). The molecular weight excluding hydrogens is 704 g/mol. The van der Waals surface area contributed by atoms with E-state index >= 15 is 0 Å². The minimum absolute atomic E-state index is 0.0114. The number of ether oxygens (including phenoxy) is 8. The van der Waals surface area contributed by atoms with Crippen LogP contribution < -0.4 is 0 Å². The molecule has 1 aromatic rings. The second-order valence-electron chi connectivity index (χ2n) is 17.1. The van der Waals surface area contributed by atoms with Crippen LogP contribution in [0.3, 0.4) is 0 Å². The summed E-state index contributed by atoms with van der Waals surface area (Å²) in [7, 11) is 1.12. The van der Waals surface area contributed by atoms with E-state index in [9.17, 15) is 29.7 Å². The Morgan fingerprint density at radius 1 is 1.02 bits per heavy atom. The maximum Gasteiger partial charge on any atom is 0.366 e. The third-order valence-corrected chi connectivity index (χ3v) is 14.7. The molecule has 4 saturated heterocycles. The minimum atomic E-state index is -2.70. The summed E-state index contributed by atoms with van der Waals surface area (Å²) >= 11 is 0. The zero-order chi connectivity index (χ0) is 38.4. The maximum atomic E-state index is 14.0. The largest absolute Gasteiger partial charge is 0.469 e. The van der Waals surface area contributed by atoms with E-state index < -0.39 is 111 Å². The number of hydrogen-bond acceptors (Lipinski definition) is 14. The SMILES string of the molecule is C=C(C)C(=O)O[C@@H]1C[C@H](OC(=O)/C=C/c2ccccc2)[C@]23CO[C@](O)(C(=O)OC)[C@H]2[C@](C)([C@]24O[C@@]2(C)[C@H]2C[C@@H]4O[C@@H]4OC=C[C@@]42O)[C@H](O)[C@@H]2OC[C@@]1(C)[C@H]23. The molecule has 0 unspecified atom stereocenters. The van der Waals surface area contributed by atoms with Gasteiger partial charge in [0.05, 0.1) is 44.9 Å². The lowest BCUT2D eigenvalue weighted by molar-refractivity contribution is -0.314. The Hall–Kier alpha value is -3.63. The van der Waals surface area contributed by atoms with Crippen molar-refractivity contribution in [1.29, 1.82) is 0 Å². The van der Waals surface area contributed by atoms with Crippen molar-refractivity contribution in [2.24, 2.45) is 34.0 Å². The molecule has 0 aromatic heterocycles. The molecule has 14 heteroatoms. The summed E-state index contributed by atoms with van der Waals surface area (Å²) in [6, 6.07) is 9.16. The van der Waals surface area contributed by atoms with Crippen molar-refractivity contribution in [3.05, 3.63) is 66.5 Å². The van der Waals surface area contributed by atoms with E-state index in [0.29, 0.717) is 6.42 Å². The van der Waals surface area contributed by atoms with Gasteiger partial charge >= 0.3 is 17.9 Å². The molecule has 1 aromatic carbocycles. The van der Waals surface area contributed by atoms with Gasteiger partial charge in [-0.05, 0) is 38.0 Å². The smallest absolute Gasteiger partial charge is 0.366 e. The third kappa shape index (κ3) is 4.07. The van der Waals surface area contributed by atoms with Gasteiger partial charge in [-0.15, -0.1) is 0 Å². The summed E-state index contributed by atoms with van der Waals surface area (Å²) < 4.78 is 49.5. The first-order valence-electron chi connectivity index (χ1n) is 18.4. The Morgan fingerprint density at radius 2 is 1.76 bits per heavy atom.